The number of carbonyl (C=O) groups is 1. The second-order valence-electron chi connectivity index (χ2n) is 6.98. The first-order valence-corrected chi connectivity index (χ1v) is 9.44. The minimum absolute atomic E-state index is 0.0498. The lowest BCUT2D eigenvalue weighted by molar-refractivity contribution is -0.122. The number of aromatic nitrogens is 1. The molecular weight excluding hydrogens is 342 g/mol. The van der Waals surface area contributed by atoms with Crippen LogP contribution in [0.2, 0.25) is 0 Å². The fraction of sp³-hybridized carbons (Fsp3) is 0.429. The van der Waals surface area contributed by atoms with Gasteiger partial charge in [-0.2, -0.15) is 0 Å². The Kier molecular flexibility index (Phi) is 6.65. The number of carbonyl (C=O) groups excluding carboxylic acids is 1. The molecule has 27 heavy (non-hydrogen) atoms. The molecule has 2 N–H and O–H groups in total. The third-order valence-electron chi connectivity index (χ3n) is 5.12. The lowest BCUT2D eigenvalue weighted by Gasteiger charge is -2.31. The summed E-state index contributed by atoms with van der Waals surface area (Å²) in [5.41, 5.74) is 2.23. The number of hydrogen-bond donors (Lipinski definition) is 2. The van der Waals surface area contributed by atoms with E-state index in [4.69, 9.17) is 4.74 Å². The minimum atomic E-state index is -0.0498. The Morgan fingerprint density at radius 2 is 1.96 bits per heavy atom. The minimum Gasteiger partial charge on any atom is -0.497 e. The molecule has 0 radical (unpaired) electrons. The Hall–Kier alpha value is -2.60. The van der Waals surface area contributed by atoms with E-state index in [1.165, 1.54) is 5.56 Å². The van der Waals surface area contributed by atoms with Gasteiger partial charge in [0.05, 0.1) is 13.7 Å². The van der Waals surface area contributed by atoms with Crippen LogP contribution >= 0.6 is 0 Å². The second-order valence-corrected chi connectivity index (χ2v) is 6.98. The average molecular weight is 369 g/mol. The number of piperidine rings is 1. The van der Waals surface area contributed by atoms with Crippen LogP contribution in [0.4, 0.5) is 0 Å². The average Bonchev–Trinajstić information content (AvgIpc) is 2.69. The number of aromatic amines is 1. The van der Waals surface area contributed by atoms with E-state index in [9.17, 15) is 9.59 Å². The quantitative estimate of drug-likeness (QED) is 0.782. The molecular formula is C21H27N3O3. The van der Waals surface area contributed by atoms with Crippen molar-refractivity contribution in [1.82, 2.24) is 15.2 Å². The largest absolute Gasteiger partial charge is 0.497 e. The van der Waals surface area contributed by atoms with Gasteiger partial charge in [-0.05, 0) is 67.6 Å². The molecule has 3 rings (SSSR count). The molecule has 1 amide bonds. The molecule has 2 aromatic rings. The Balaban J connectivity index is 1.37. The zero-order valence-corrected chi connectivity index (χ0v) is 15.7. The van der Waals surface area contributed by atoms with Crippen molar-refractivity contribution in [1.29, 1.82) is 0 Å². The molecule has 6 heteroatoms. The van der Waals surface area contributed by atoms with Gasteiger partial charge in [-0.25, -0.2) is 0 Å². The SMILES string of the molecule is COc1ccc(CCNC(=O)CN2CCC(c3cc[nH]c(=O)c3)CC2)cc1. The van der Waals surface area contributed by atoms with E-state index in [1.54, 1.807) is 19.4 Å². The molecule has 0 atom stereocenters. The van der Waals surface area contributed by atoms with E-state index in [0.717, 1.165) is 43.7 Å². The summed E-state index contributed by atoms with van der Waals surface area (Å²) in [5.74, 6) is 1.31. The van der Waals surface area contributed by atoms with Crippen LogP contribution in [-0.4, -0.2) is 49.1 Å². The fourth-order valence-corrected chi connectivity index (χ4v) is 3.54. The molecule has 1 aliphatic heterocycles. The molecule has 2 heterocycles. The Bertz CT molecular complexity index is 793. The number of hydrogen-bond acceptors (Lipinski definition) is 4. The van der Waals surface area contributed by atoms with E-state index in [0.29, 0.717) is 19.0 Å². The third-order valence-corrected chi connectivity index (χ3v) is 5.12. The van der Waals surface area contributed by atoms with Gasteiger partial charge in [-0.3, -0.25) is 14.5 Å². The van der Waals surface area contributed by atoms with Gasteiger partial charge in [-0.15, -0.1) is 0 Å². The van der Waals surface area contributed by atoms with Crippen molar-refractivity contribution < 1.29 is 9.53 Å². The number of pyridine rings is 1. The van der Waals surface area contributed by atoms with Crippen LogP contribution in [0.25, 0.3) is 0 Å². The molecule has 6 nitrogen and oxygen atoms in total. The normalized spacial score (nSPS) is 15.4. The highest BCUT2D eigenvalue weighted by Gasteiger charge is 2.22. The first kappa shape index (κ1) is 19.2. The number of likely N-dealkylation sites (tertiary alicyclic amines) is 1. The van der Waals surface area contributed by atoms with Gasteiger partial charge in [0, 0.05) is 18.8 Å². The molecule has 0 saturated carbocycles. The van der Waals surface area contributed by atoms with Crippen molar-refractivity contribution in [2.24, 2.45) is 0 Å². The molecule has 0 spiro atoms. The van der Waals surface area contributed by atoms with Crippen LogP contribution in [0.1, 0.15) is 29.9 Å². The molecule has 0 aliphatic carbocycles. The van der Waals surface area contributed by atoms with Crippen molar-refractivity contribution in [2.75, 3.05) is 33.3 Å². The van der Waals surface area contributed by atoms with Crippen molar-refractivity contribution >= 4 is 5.91 Å². The molecule has 1 saturated heterocycles. The predicted molar refractivity (Wildman–Crippen MR) is 105 cm³/mol. The van der Waals surface area contributed by atoms with E-state index in [2.05, 4.69) is 15.2 Å². The summed E-state index contributed by atoms with van der Waals surface area (Å²) < 4.78 is 5.15. The smallest absolute Gasteiger partial charge is 0.248 e. The van der Waals surface area contributed by atoms with Gasteiger partial charge in [-0.1, -0.05) is 12.1 Å². The summed E-state index contributed by atoms with van der Waals surface area (Å²) in [6.45, 7) is 2.83. The van der Waals surface area contributed by atoms with Crippen LogP contribution < -0.4 is 15.6 Å². The molecule has 144 valence electrons. The number of rotatable bonds is 7. The molecule has 1 aliphatic rings. The Labute approximate surface area is 159 Å². The maximum Gasteiger partial charge on any atom is 0.248 e. The summed E-state index contributed by atoms with van der Waals surface area (Å²) in [7, 11) is 1.65. The Morgan fingerprint density at radius 1 is 1.22 bits per heavy atom. The Morgan fingerprint density at radius 3 is 2.63 bits per heavy atom. The lowest BCUT2D eigenvalue weighted by atomic mass is 9.90. The van der Waals surface area contributed by atoms with Gasteiger partial charge in [0.15, 0.2) is 0 Å². The summed E-state index contributed by atoms with van der Waals surface area (Å²) in [5, 5.41) is 3.00. The summed E-state index contributed by atoms with van der Waals surface area (Å²) >= 11 is 0. The van der Waals surface area contributed by atoms with E-state index < -0.39 is 0 Å². The van der Waals surface area contributed by atoms with Crippen LogP contribution in [0.15, 0.2) is 47.4 Å². The van der Waals surface area contributed by atoms with Gasteiger partial charge in [0.2, 0.25) is 11.5 Å². The van der Waals surface area contributed by atoms with Crippen molar-refractivity contribution in [2.45, 2.75) is 25.2 Å². The van der Waals surface area contributed by atoms with Gasteiger partial charge in [0.25, 0.3) is 0 Å². The highest BCUT2D eigenvalue weighted by molar-refractivity contribution is 5.78. The van der Waals surface area contributed by atoms with E-state index >= 15 is 0 Å². The van der Waals surface area contributed by atoms with E-state index in [-0.39, 0.29) is 11.5 Å². The van der Waals surface area contributed by atoms with Crippen LogP contribution in [-0.2, 0) is 11.2 Å². The predicted octanol–water partition coefficient (Wildman–Crippen LogP) is 1.92. The fourth-order valence-electron chi connectivity index (χ4n) is 3.54. The number of benzene rings is 1. The topological polar surface area (TPSA) is 74.4 Å². The summed E-state index contributed by atoms with van der Waals surface area (Å²) in [4.78, 5) is 28.5. The van der Waals surface area contributed by atoms with Gasteiger partial charge < -0.3 is 15.0 Å². The highest BCUT2D eigenvalue weighted by atomic mass is 16.5. The molecule has 0 bridgehead atoms. The van der Waals surface area contributed by atoms with Crippen LogP contribution in [0, 0.1) is 0 Å². The van der Waals surface area contributed by atoms with Gasteiger partial charge in [0.1, 0.15) is 5.75 Å². The number of ether oxygens (including phenoxy) is 1. The van der Waals surface area contributed by atoms with Crippen molar-refractivity contribution in [3.63, 3.8) is 0 Å². The highest BCUT2D eigenvalue weighted by Crippen LogP contribution is 2.26. The van der Waals surface area contributed by atoms with Crippen molar-refractivity contribution in [3.8, 4) is 5.75 Å². The summed E-state index contributed by atoms with van der Waals surface area (Å²) in [6, 6.07) is 11.6. The molecule has 1 fully saturated rings. The maximum absolute atomic E-state index is 12.2. The standard InChI is InChI=1S/C21H27N3O3/c1-27-19-4-2-16(3-5-19)6-10-23-21(26)15-24-12-8-17(9-13-24)18-7-11-22-20(25)14-18/h2-5,7,11,14,17H,6,8-10,12-13,15H2,1H3,(H,22,25)(H,23,26). The zero-order chi connectivity index (χ0) is 19.1. The van der Waals surface area contributed by atoms with Crippen molar-refractivity contribution in [3.05, 3.63) is 64.1 Å². The van der Waals surface area contributed by atoms with E-state index in [1.807, 2.05) is 30.3 Å². The van der Waals surface area contributed by atoms with Crippen LogP contribution in [0.3, 0.4) is 0 Å². The number of methoxy groups -OCH3 is 1. The first-order chi connectivity index (χ1) is 13.1. The second kappa shape index (κ2) is 9.37. The van der Waals surface area contributed by atoms with Gasteiger partial charge >= 0.3 is 0 Å². The third kappa shape index (κ3) is 5.69. The molecule has 1 aromatic carbocycles. The lowest BCUT2D eigenvalue weighted by Crippen LogP contribution is -2.41. The number of nitrogens with one attached hydrogen (secondary N) is 2. The number of nitrogens with zero attached hydrogens (tertiary/aromatic N) is 1. The summed E-state index contributed by atoms with van der Waals surface area (Å²) in [6.07, 6.45) is 4.46. The molecule has 1 aromatic heterocycles. The van der Waals surface area contributed by atoms with Crippen LogP contribution in [0.5, 0.6) is 5.75 Å². The number of H-pyrrole nitrogens is 1. The maximum atomic E-state index is 12.2. The zero-order valence-electron chi connectivity index (χ0n) is 15.7. The number of amides is 1. The first-order valence-electron chi connectivity index (χ1n) is 9.44. The molecule has 0 unspecified atom stereocenters. The monoisotopic (exact) mass is 369 g/mol.